The van der Waals surface area contributed by atoms with Crippen molar-refractivity contribution in [1.29, 1.82) is 0 Å². The minimum Gasteiger partial charge on any atom is -0.469 e. The molecule has 1 aromatic rings. The minimum atomic E-state index is -3.39. The van der Waals surface area contributed by atoms with Gasteiger partial charge in [-0.1, -0.05) is 30.3 Å². The Bertz CT molecular complexity index is 667. The average molecular weight is 354 g/mol. The second kappa shape index (κ2) is 8.25. The first kappa shape index (κ1) is 18.4. The summed E-state index contributed by atoms with van der Waals surface area (Å²) >= 11 is 0. The number of ether oxygens (including phenoxy) is 1. The van der Waals surface area contributed by atoms with Gasteiger partial charge in [-0.3, -0.25) is 9.59 Å². The molecule has 0 radical (unpaired) electrons. The fourth-order valence-corrected chi connectivity index (χ4v) is 4.08. The lowest BCUT2D eigenvalue weighted by Crippen LogP contribution is -2.50. The zero-order valence-corrected chi connectivity index (χ0v) is 14.5. The number of rotatable bonds is 6. The van der Waals surface area contributed by atoms with Gasteiger partial charge in [0, 0.05) is 32.6 Å². The maximum absolute atomic E-state index is 12.4. The van der Waals surface area contributed by atoms with Crippen LogP contribution in [0, 0.1) is 0 Å². The van der Waals surface area contributed by atoms with Crippen molar-refractivity contribution in [2.75, 3.05) is 33.3 Å². The third-order valence-electron chi connectivity index (χ3n) is 3.95. The van der Waals surface area contributed by atoms with Crippen LogP contribution in [0.4, 0.5) is 0 Å². The number of benzene rings is 1. The zero-order chi connectivity index (χ0) is 17.6. The van der Waals surface area contributed by atoms with Crippen molar-refractivity contribution in [3.63, 3.8) is 0 Å². The third kappa shape index (κ3) is 5.04. The Labute approximate surface area is 142 Å². The van der Waals surface area contributed by atoms with Gasteiger partial charge in [0.05, 0.1) is 19.3 Å². The van der Waals surface area contributed by atoms with Gasteiger partial charge in [0.15, 0.2) is 0 Å². The highest BCUT2D eigenvalue weighted by Crippen LogP contribution is 2.14. The van der Waals surface area contributed by atoms with Crippen molar-refractivity contribution in [2.45, 2.75) is 18.6 Å². The molecule has 24 heavy (non-hydrogen) atoms. The number of sulfonamides is 1. The molecule has 2 rings (SSSR count). The van der Waals surface area contributed by atoms with E-state index >= 15 is 0 Å². The normalized spacial score (nSPS) is 16.0. The molecule has 0 spiro atoms. The van der Waals surface area contributed by atoms with Crippen molar-refractivity contribution in [3.8, 4) is 0 Å². The van der Waals surface area contributed by atoms with E-state index in [1.54, 1.807) is 17.0 Å². The Morgan fingerprint density at radius 3 is 2.25 bits per heavy atom. The highest BCUT2D eigenvalue weighted by molar-refractivity contribution is 7.88. The smallest absolute Gasteiger partial charge is 0.306 e. The Kier molecular flexibility index (Phi) is 6.33. The number of amides is 1. The van der Waals surface area contributed by atoms with E-state index in [1.807, 2.05) is 18.2 Å². The van der Waals surface area contributed by atoms with Gasteiger partial charge < -0.3 is 9.64 Å². The molecule has 1 heterocycles. The van der Waals surface area contributed by atoms with Gasteiger partial charge in [-0.15, -0.1) is 0 Å². The molecule has 8 heteroatoms. The first-order chi connectivity index (χ1) is 11.4. The van der Waals surface area contributed by atoms with Crippen molar-refractivity contribution in [2.24, 2.45) is 0 Å². The van der Waals surface area contributed by atoms with Crippen LogP contribution in [-0.4, -0.2) is 62.8 Å². The maximum Gasteiger partial charge on any atom is 0.306 e. The molecule has 1 amide bonds. The highest BCUT2D eigenvalue weighted by atomic mass is 32.2. The summed E-state index contributed by atoms with van der Waals surface area (Å²) in [4.78, 5) is 24.7. The topological polar surface area (TPSA) is 84.0 Å². The quantitative estimate of drug-likeness (QED) is 0.699. The molecular formula is C16H22N2O5S. The van der Waals surface area contributed by atoms with Crippen LogP contribution < -0.4 is 0 Å². The van der Waals surface area contributed by atoms with Crippen molar-refractivity contribution < 1.29 is 22.7 Å². The third-order valence-corrected chi connectivity index (χ3v) is 5.80. The van der Waals surface area contributed by atoms with E-state index in [0.29, 0.717) is 13.1 Å². The fraction of sp³-hybridized carbons (Fsp3) is 0.500. The molecule has 7 nitrogen and oxygen atoms in total. The summed E-state index contributed by atoms with van der Waals surface area (Å²) in [7, 11) is -2.11. The standard InChI is InChI=1S/C16H22N2O5S/c1-23-16(20)8-7-15(19)17-9-11-18(12-10-17)24(21,22)13-14-5-3-2-4-6-14/h2-6H,7-13H2,1H3. The predicted molar refractivity (Wildman–Crippen MR) is 88.5 cm³/mol. The molecule has 1 aliphatic rings. The first-order valence-electron chi connectivity index (χ1n) is 7.79. The van der Waals surface area contributed by atoms with Gasteiger partial charge in [-0.25, -0.2) is 8.42 Å². The molecule has 1 fully saturated rings. The Hall–Kier alpha value is -1.93. The molecule has 1 saturated heterocycles. The zero-order valence-electron chi connectivity index (χ0n) is 13.7. The number of nitrogens with zero attached hydrogens (tertiary/aromatic N) is 2. The number of carbonyl (C=O) groups is 2. The lowest BCUT2D eigenvalue weighted by molar-refractivity contribution is -0.143. The summed E-state index contributed by atoms with van der Waals surface area (Å²) in [5.74, 6) is -0.614. The Morgan fingerprint density at radius 1 is 1.04 bits per heavy atom. The molecule has 0 N–H and O–H groups in total. The molecule has 1 aliphatic heterocycles. The fourth-order valence-electron chi connectivity index (χ4n) is 2.56. The van der Waals surface area contributed by atoms with E-state index in [2.05, 4.69) is 4.74 Å². The monoisotopic (exact) mass is 354 g/mol. The van der Waals surface area contributed by atoms with Gasteiger partial charge in [0.25, 0.3) is 0 Å². The lowest BCUT2D eigenvalue weighted by atomic mass is 10.2. The molecule has 132 valence electrons. The molecule has 0 unspecified atom stereocenters. The summed E-state index contributed by atoms with van der Waals surface area (Å²) in [5.41, 5.74) is 0.745. The van der Waals surface area contributed by atoms with E-state index in [4.69, 9.17) is 0 Å². The second-order valence-corrected chi connectivity index (χ2v) is 7.57. The largest absolute Gasteiger partial charge is 0.469 e. The predicted octanol–water partition coefficient (Wildman–Crippen LogP) is 0.614. The number of esters is 1. The Balaban J connectivity index is 1.85. The lowest BCUT2D eigenvalue weighted by Gasteiger charge is -2.34. The number of carbonyl (C=O) groups excluding carboxylic acids is 2. The van der Waals surface area contributed by atoms with Crippen molar-refractivity contribution >= 4 is 21.9 Å². The minimum absolute atomic E-state index is 0.0376. The van der Waals surface area contributed by atoms with Crippen LogP contribution in [0.2, 0.25) is 0 Å². The molecule has 0 aromatic heterocycles. The summed E-state index contributed by atoms with van der Waals surface area (Å²) in [6.07, 6.45) is 0.130. The highest BCUT2D eigenvalue weighted by Gasteiger charge is 2.28. The molecule has 0 saturated carbocycles. The summed E-state index contributed by atoms with van der Waals surface area (Å²) in [6.45, 7) is 1.24. The number of hydrogen-bond acceptors (Lipinski definition) is 5. The van der Waals surface area contributed by atoms with Crippen LogP contribution >= 0.6 is 0 Å². The summed E-state index contributed by atoms with van der Waals surface area (Å²) in [6, 6.07) is 9.02. The van der Waals surface area contributed by atoms with Crippen LogP contribution in [0.15, 0.2) is 30.3 Å². The summed E-state index contributed by atoms with van der Waals surface area (Å²) in [5, 5.41) is 0. The van der Waals surface area contributed by atoms with Crippen LogP contribution in [0.3, 0.4) is 0 Å². The van der Waals surface area contributed by atoms with E-state index in [-0.39, 0.29) is 37.6 Å². The van der Waals surface area contributed by atoms with E-state index < -0.39 is 16.0 Å². The Morgan fingerprint density at radius 2 is 1.67 bits per heavy atom. The van der Waals surface area contributed by atoms with E-state index in [1.165, 1.54) is 11.4 Å². The van der Waals surface area contributed by atoms with Crippen LogP contribution in [0.1, 0.15) is 18.4 Å². The van der Waals surface area contributed by atoms with Gasteiger partial charge in [-0.2, -0.15) is 4.31 Å². The van der Waals surface area contributed by atoms with E-state index in [0.717, 1.165) is 5.56 Å². The van der Waals surface area contributed by atoms with E-state index in [9.17, 15) is 18.0 Å². The maximum atomic E-state index is 12.4. The van der Waals surface area contributed by atoms with Gasteiger partial charge >= 0.3 is 5.97 Å². The molecular weight excluding hydrogens is 332 g/mol. The van der Waals surface area contributed by atoms with Gasteiger partial charge in [0.2, 0.25) is 15.9 Å². The summed E-state index contributed by atoms with van der Waals surface area (Å²) < 4.78 is 30.8. The molecule has 0 aliphatic carbocycles. The van der Waals surface area contributed by atoms with Crippen LogP contribution in [0.5, 0.6) is 0 Å². The average Bonchev–Trinajstić information content (AvgIpc) is 2.60. The number of piperazine rings is 1. The van der Waals surface area contributed by atoms with Gasteiger partial charge in [0.1, 0.15) is 0 Å². The number of hydrogen-bond donors (Lipinski definition) is 0. The van der Waals surface area contributed by atoms with Crippen molar-refractivity contribution in [3.05, 3.63) is 35.9 Å². The van der Waals surface area contributed by atoms with Gasteiger partial charge in [-0.05, 0) is 5.56 Å². The molecule has 0 bridgehead atoms. The van der Waals surface area contributed by atoms with Crippen LogP contribution in [0.25, 0.3) is 0 Å². The number of methoxy groups -OCH3 is 1. The second-order valence-electron chi connectivity index (χ2n) is 5.60. The molecule has 1 aromatic carbocycles. The SMILES string of the molecule is COC(=O)CCC(=O)N1CCN(S(=O)(=O)Cc2ccccc2)CC1. The molecule has 0 atom stereocenters. The van der Waals surface area contributed by atoms with Crippen molar-refractivity contribution in [1.82, 2.24) is 9.21 Å². The first-order valence-corrected chi connectivity index (χ1v) is 9.39. The van der Waals surface area contributed by atoms with Crippen LogP contribution in [-0.2, 0) is 30.1 Å².